The van der Waals surface area contributed by atoms with Crippen molar-refractivity contribution in [2.75, 3.05) is 37.7 Å². The Morgan fingerprint density at radius 2 is 1.52 bits per heavy atom. The molecule has 19 nitrogen and oxygen atoms in total. The average molecular weight is 755 g/mol. The van der Waals surface area contributed by atoms with Crippen LogP contribution in [0.5, 0.6) is 0 Å². The van der Waals surface area contributed by atoms with Gasteiger partial charge in [0.2, 0.25) is 17.7 Å². The lowest BCUT2D eigenvalue weighted by molar-refractivity contribution is -0.288. The molecule has 0 aromatic rings. The van der Waals surface area contributed by atoms with Crippen molar-refractivity contribution in [2.24, 2.45) is 22.6 Å². The first-order valence-electron chi connectivity index (χ1n) is 15.3. The van der Waals surface area contributed by atoms with Gasteiger partial charge in [-0.25, -0.2) is 4.79 Å². The number of hydrogen-bond acceptors (Lipinski definition) is 16. The molecule has 0 aromatic heterocycles. The van der Waals surface area contributed by atoms with Crippen molar-refractivity contribution in [1.29, 1.82) is 0 Å². The number of carboxylic acid groups (broad SMARTS) is 1. The molecule has 0 aromatic carbocycles. The number of hydrogen-bond donors (Lipinski definition) is 13. The minimum Gasteiger partial charge on any atom is -0.475 e. The summed E-state index contributed by atoms with van der Waals surface area (Å²) >= 11 is 1.23. The van der Waals surface area contributed by atoms with Crippen molar-refractivity contribution in [3.8, 4) is 0 Å². The largest absolute Gasteiger partial charge is 0.490 e. The maximum absolute atomic E-state index is 12.3. The number of amides is 3. The van der Waals surface area contributed by atoms with Crippen LogP contribution in [-0.4, -0.2) is 171 Å². The van der Waals surface area contributed by atoms with E-state index in [0.29, 0.717) is 5.75 Å². The molecule has 11 atom stereocenters. The topological polar surface area (TPSA) is 342 Å². The van der Waals surface area contributed by atoms with Crippen LogP contribution in [0.4, 0.5) is 13.2 Å². The molecule has 1 aliphatic heterocycles. The molecule has 0 bridgehead atoms. The molecular weight excluding hydrogens is 705 g/mol. The van der Waals surface area contributed by atoms with Gasteiger partial charge in [-0.05, 0) is 6.42 Å². The first-order valence-corrected chi connectivity index (χ1v) is 16.5. The second-order valence-corrected chi connectivity index (χ2v) is 13.5. The van der Waals surface area contributed by atoms with Crippen molar-refractivity contribution >= 4 is 35.5 Å². The molecule has 2 fully saturated rings. The van der Waals surface area contributed by atoms with Crippen molar-refractivity contribution in [1.82, 2.24) is 16.0 Å². The van der Waals surface area contributed by atoms with E-state index >= 15 is 0 Å². The number of halogens is 3. The van der Waals surface area contributed by atoms with Crippen LogP contribution in [0.2, 0.25) is 0 Å². The molecule has 0 unspecified atom stereocenters. The molecule has 23 heteroatoms. The highest BCUT2D eigenvalue weighted by Crippen LogP contribution is 2.27. The summed E-state index contributed by atoms with van der Waals surface area (Å²) in [5.74, 6) is -3.75. The molecule has 1 aliphatic carbocycles. The van der Waals surface area contributed by atoms with Crippen LogP contribution in [0.1, 0.15) is 26.7 Å². The maximum Gasteiger partial charge on any atom is 0.490 e. The molecular formula is C27H49F3N6O13S. The van der Waals surface area contributed by atoms with Crippen LogP contribution >= 0.6 is 11.8 Å². The SMILES string of the molecule is CC(C)(CO)[C@@H](O)C(=O)NCCC(=O)NCCSCC(=O)NC[C@H]1O[C@H](O[C@H]2[C@H](O)[C@@H](O)[C@H](N)C[C@@H]2N)[C@H](N)[C@@H](O)[C@@H]1O.O=C(O)C(F)(F)F. The van der Waals surface area contributed by atoms with Crippen LogP contribution in [-0.2, 0) is 28.7 Å². The monoisotopic (exact) mass is 754 g/mol. The highest BCUT2D eigenvalue weighted by atomic mass is 32.2. The predicted molar refractivity (Wildman–Crippen MR) is 168 cm³/mol. The highest BCUT2D eigenvalue weighted by Gasteiger charge is 2.48. The number of ether oxygens (including phenoxy) is 2. The Bertz CT molecular complexity index is 1110. The minimum atomic E-state index is -5.08. The van der Waals surface area contributed by atoms with Crippen LogP contribution in [0.3, 0.4) is 0 Å². The maximum atomic E-state index is 12.3. The molecule has 292 valence electrons. The van der Waals surface area contributed by atoms with Gasteiger partial charge in [-0.1, -0.05) is 13.8 Å². The van der Waals surface area contributed by atoms with E-state index < -0.39 is 96.5 Å². The third-order valence-electron chi connectivity index (χ3n) is 7.72. The van der Waals surface area contributed by atoms with Crippen molar-refractivity contribution in [2.45, 2.75) is 100 Å². The number of alkyl halides is 3. The number of carboxylic acids is 1. The van der Waals surface area contributed by atoms with Gasteiger partial charge in [0.25, 0.3) is 0 Å². The Morgan fingerprint density at radius 3 is 2.08 bits per heavy atom. The molecule has 1 saturated carbocycles. The Hall–Kier alpha value is -2.42. The number of aliphatic hydroxyl groups is 6. The van der Waals surface area contributed by atoms with Crippen LogP contribution in [0, 0.1) is 5.41 Å². The van der Waals surface area contributed by atoms with Gasteiger partial charge in [-0.3, -0.25) is 14.4 Å². The van der Waals surface area contributed by atoms with Gasteiger partial charge in [0.15, 0.2) is 6.29 Å². The van der Waals surface area contributed by atoms with E-state index in [1.807, 2.05) is 0 Å². The quantitative estimate of drug-likeness (QED) is 0.0693. The zero-order valence-corrected chi connectivity index (χ0v) is 28.2. The fourth-order valence-electron chi connectivity index (χ4n) is 4.49. The summed E-state index contributed by atoms with van der Waals surface area (Å²) in [6.45, 7) is 2.75. The summed E-state index contributed by atoms with van der Waals surface area (Å²) in [6.07, 6.45) is -15.5. The lowest BCUT2D eigenvalue weighted by Crippen LogP contribution is -2.67. The summed E-state index contributed by atoms with van der Waals surface area (Å²) in [5, 5.41) is 75.2. The van der Waals surface area contributed by atoms with E-state index in [4.69, 9.17) is 36.6 Å². The van der Waals surface area contributed by atoms with E-state index in [-0.39, 0.29) is 50.7 Å². The number of nitrogens with one attached hydrogen (secondary N) is 3. The summed E-state index contributed by atoms with van der Waals surface area (Å²) in [5.41, 5.74) is 16.7. The molecule has 16 N–H and O–H groups in total. The normalized spacial score (nSPS) is 30.7. The highest BCUT2D eigenvalue weighted by molar-refractivity contribution is 7.99. The first-order chi connectivity index (χ1) is 23.0. The van der Waals surface area contributed by atoms with Crippen molar-refractivity contribution < 1.29 is 77.6 Å². The average Bonchev–Trinajstić information content (AvgIpc) is 3.04. The Balaban J connectivity index is 0.00000161. The number of rotatable bonds is 15. The Morgan fingerprint density at radius 1 is 0.920 bits per heavy atom. The minimum absolute atomic E-state index is 0.00350. The van der Waals surface area contributed by atoms with Gasteiger partial charge >= 0.3 is 12.1 Å². The number of aliphatic hydroxyl groups excluding tert-OH is 6. The van der Waals surface area contributed by atoms with E-state index in [9.17, 15) is 58.2 Å². The zero-order chi connectivity index (χ0) is 38.6. The molecule has 0 spiro atoms. The van der Waals surface area contributed by atoms with Crippen LogP contribution in [0.15, 0.2) is 0 Å². The molecule has 1 saturated heterocycles. The fraction of sp³-hybridized carbons (Fsp3) is 0.852. The number of carbonyl (C=O) groups excluding carboxylic acids is 3. The van der Waals surface area contributed by atoms with Gasteiger partial charge in [-0.2, -0.15) is 24.9 Å². The Kier molecular flexibility index (Phi) is 18.8. The predicted octanol–water partition coefficient (Wildman–Crippen LogP) is -5.59. The van der Waals surface area contributed by atoms with E-state index in [1.165, 1.54) is 25.6 Å². The second kappa shape index (κ2) is 20.6. The summed E-state index contributed by atoms with van der Waals surface area (Å²) in [6, 6.07) is -2.71. The van der Waals surface area contributed by atoms with Gasteiger partial charge < -0.3 is 78.4 Å². The summed E-state index contributed by atoms with van der Waals surface area (Å²) in [7, 11) is 0. The lowest BCUT2D eigenvalue weighted by Gasteiger charge is -2.45. The second-order valence-electron chi connectivity index (χ2n) is 12.3. The number of aliphatic carboxylic acids is 1. The van der Waals surface area contributed by atoms with E-state index in [1.54, 1.807) is 0 Å². The van der Waals surface area contributed by atoms with Crippen molar-refractivity contribution in [3.05, 3.63) is 0 Å². The lowest BCUT2D eigenvalue weighted by atomic mass is 9.84. The third kappa shape index (κ3) is 14.3. The first kappa shape index (κ1) is 45.6. The number of nitrogens with two attached hydrogens (primary N) is 3. The smallest absolute Gasteiger partial charge is 0.475 e. The summed E-state index contributed by atoms with van der Waals surface area (Å²) in [4.78, 5) is 45.1. The summed E-state index contributed by atoms with van der Waals surface area (Å²) < 4.78 is 43.1. The molecule has 2 rings (SSSR count). The Labute approximate surface area is 289 Å². The van der Waals surface area contributed by atoms with Gasteiger partial charge in [0.1, 0.15) is 36.6 Å². The van der Waals surface area contributed by atoms with Gasteiger partial charge in [0.05, 0.1) is 24.5 Å². The number of carbonyl (C=O) groups is 4. The van der Waals surface area contributed by atoms with Crippen LogP contribution < -0.4 is 33.2 Å². The molecule has 0 radical (unpaired) electrons. The van der Waals surface area contributed by atoms with Gasteiger partial charge in [-0.15, -0.1) is 0 Å². The standard InChI is InChI=1S/C25H48N6O11S.C2HF3O2/c1-25(2,10-32)22(39)23(40)30-4-3-14(33)29-5-6-43-9-15(34)31-8-13-18(36)19(37)16(28)24(41-13)42-21-12(27)7-11(26)17(35)20(21)38;3-2(4,5)1(6)7/h11-13,16-22,24,32,35-39H,3-10,26-28H2,1-2H3,(H,29,33)(H,30,40)(H,31,34);(H,6,7)/t11-,12+,13-,16-,17+,18-,19-,20-,21-,22+,24-;/m1./s1. The van der Waals surface area contributed by atoms with Crippen LogP contribution in [0.25, 0.3) is 0 Å². The van der Waals surface area contributed by atoms with E-state index in [0.717, 1.165) is 0 Å². The zero-order valence-electron chi connectivity index (χ0n) is 27.4. The molecule has 2 aliphatic rings. The number of thioether (sulfide) groups is 1. The van der Waals surface area contributed by atoms with Crippen molar-refractivity contribution in [3.63, 3.8) is 0 Å². The fourth-order valence-corrected chi connectivity index (χ4v) is 5.17. The molecule has 1 heterocycles. The third-order valence-corrected chi connectivity index (χ3v) is 8.68. The van der Waals surface area contributed by atoms with E-state index in [2.05, 4.69) is 16.0 Å². The molecule has 3 amide bonds. The van der Waals surface area contributed by atoms with Gasteiger partial charge in [0, 0.05) is 49.3 Å². The molecule has 50 heavy (non-hydrogen) atoms.